The Kier molecular flexibility index (Phi) is 4.30. The highest BCUT2D eigenvalue weighted by Crippen LogP contribution is 2.26. The van der Waals surface area contributed by atoms with Crippen LogP contribution in [0.25, 0.3) is 0 Å². The van der Waals surface area contributed by atoms with E-state index in [0.29, 0.717) is 16.3 Å². The summed E-state index contributed by atoms with van der Waals surface area (Å²) in [5.41, 5.74) is 1.79. The fraction of sp³-hybridized carbons (Fsp3) is 0.286. The third-order valence-electron chi connectivity index (χ3n) is 3.06. The van der Waals surface area contributed by atoms with E-state index in [1.807, 2.05) is 19.9 Å². The number of nitrogens with one attached hydrogen (secondary N) is 1. The van der Waals surface area contributed by atoms with E-state index in [1.54, 1.807) is 19.1 Å². The van der Waals surface area contributed by atoms with Crippen molar-refractivity contribution in [3.8, 4) is 6.07 Å². The highest BCUT2D eigenvalue weighted by atomic mass is 32.2. The van der Waals surface area contributed by atoms with Crippen LogP contribution < -0.4 is 4.72 Å². The minimum atomic E-state index is -3.74. The molecule has 0 aliphatic rings. The first kappa shape index (κ1) is 15.5. The Labute approximate surface area is 128 Å². The van der Waals surface area contributed by atoms with Gasteiger partial charge in [-0.3, -0.25) is 4.72 Å². The molecule has 2 rings (SSSR count). The van der Waals surface area contributed by atoms with Crippen LogP contribution in [0.5, 0.6) is 0 Å². The molecule has 1 aromatic heterocycles. The van der Waals surface area contributed by atoms with Crippen molar-refractivity contribution >= 4 is 26.5 Å². The number of hydrogen-bond donors (Lipinski definition) is 1. The number of anilines is 1. The molecular formula is C14H15N3O2S2. The van der Waals surface area contributed by atoms with Crippen molar-refractivity contribution in [2.45, 2.75) is 32.1 Å². The molecule has 1 heterocycles. The van der Waals surface area contributed by atoms with E-state index < -0.39 is 10.0 Å². The molecule has 1 aromatic carbocycles. The molecule has 0 aliphatic carbocycles. The molecule has 110 valence electrons. The summed E-state index contributed by atoms with van der Waals surface area (Å²) in [6, 6.07) is 6.54. The molecule has 0 amide bonds. The predicted molar refractivity (Wildman–Crippen MR) is 82.9 cm³/mol. The smallest absolute Gasteiger partial charge is 0.255 e. The van der Waals surface area contributed by atoms with Gasteiger partial charge in [-0.25, -0.2) is 13.4 Å². The standard InChI is InChI=1S/C14H15N3O2S2/c1-4-12-10(3)20-14(16-12)17-21(18,19)13-7-11(8-15)6-5-9(13)2/h5-7H,4H2,1-3H3,(H,16,17). The Hall–Kier alpha value is -1.91. The van der Waals surface area contributed by atoms with Crippen molar-refractivity contribution in [3.63, 3.8) is 0 Å². The lowest BCUT2D eigenvalue weighted by Crippen LogP contribution is -2.14. The van der Waals surface area contributed by atoms with Crippen LogP contribution in [0.15, 0.2) is 23.1 Å². The van der Waals surface area contributed by atoms with Gasteiger partial charge in [0.1, 0.15) is 0 Å². The van der Waals surface area contributed by atoms with Gasteiger partial charge < -0.3 is 0 Å². The minimum Gasteiger partial charge on any atom is -0.255 e. The number of rotatable bonds is 4. The third kappa shape index (κ3) is 3.23. The van der Waals surface area contributed by atoms with Gasteiger partial charge in [0.15, 0.2) is 5.13 Å². The molecule has 0 aliphatic heterocycles. The number of sulfonamides is 1. The van der Waals surface area contributed by atoms with Gasteiger partial charge in [0.25, 0.3) is 10.0 Å². The summed E-state index contributed by atoms with van der Waals surface area (Å²) < 4.78 is 27.4. The van der Waals surface area contributed by atoms with E-state index in [2.05, 4.69) is 9.71 Å². The fourth-order valence-corrected chi connectivity index (χ4v) is 4.34. The molecule has 0 bridgehead atoms. The molecule has 0 radical (unpaired) electrons. The molecule has 5 nitrogen and oxygen atoms in total. The highest BCUT2D eigenvalue weighted by molar-refractivity contribution is 7.93. The van der Waals surface area contributed by atoms with E-state index in [1.165, 1.54) is 17.4 Å². The summed E-state index contributed by atoms with van der Waals surface area (Å²) in [4.78, 5) is 5.38. The first-order valence-electron chi connectivity index (χ1n) is 6.37. The second-order valence-corrected chi connectivity index (χ2v) is 7.43. The number of benzene rings is 1. The highest BCUT2D eigenvalue weighted by Gasteiger charge is 2.20. The fourth-order valence-electron chi connectivity index (χ4n) is 1.93. The third-order valence-corrected chi connectivity index (χ3v) is 5.59. The Morgan fingerprint density at radius 1 is 1.38 bits per heavy atom. The van der Waals surface area contributed by atoms with Crippen molar-refractivity contribution in [3.05, 3.63) is 39.9 Å². The van der Waals surface area contributed by atoms with Gasteiger partial charge in [-0.05, 0) is 38.0 Å². The minimum absolute atomic E-state index is 0.104. The van der Waals surface area contributed by atoms with Crippen LogP contribution in [-0.2, 0) is 16.4 Å². The molecule has 2 aromatic rings. The average molecular weight is 321 g/mol. The van der Waals surface area contributed by atoms with Crippen molar-refractivity contribution < 1.29 is 8.42 Å². The number of nitriles is 1. The van der Waals surface area contributed by atoms with Crippen LogP contribution in [0.3, 0.4) is 0 Å². The Morgan fingerprint density at radius 3 is 2.67 bits per heavy atom. The van der Waals surface area contributed by atoms with E-state index >= 15 is 0 Å². The van der Waals surface area contributed by atoms with Crippen molar-refractivity contribution in [2.75, 3.05) is 4.72 Å². The topological polar surface area (TPSA) is 82.8 Å². The van der Waals surface area contributed by atoms with E-state index in [4.69, 9.17) is 5.26 Å². The van der Waals surface area contributed by atoms with E-state index in [-0.39, 0.29) is 4.90 Å². The SMILES string of the molecule is CCc1nc(NS(=O)(=O)c2cc(C#N)ccc2C)sc1C. The zero-order valence-electron chi connectivity index (χ0n) is 12.0. The van der Waals surface area contributed by atoms with Gasteiger partial charge in [-0.2, -0.15) is 5.26 Å². The van der Waals surface area contributed by atoms with Crippen LogP contribution in [0, 0.1) is 25.2 Å². The maximum atomic E-state index is 12.4. The zero-order chi connectivity index (χ0) is 15.6. The first-order valence-corrected chi connectivity index (χ1v) is 8.67. The zero-order valence-corrected chi connectivity index (χ0v) is 13.6. The van der Waals surface area contributed by atoms with Gasteiger partial charge in [-0.15, -0.1) is 11.3 Å². The normalized spacial score (nSPS) is 11.1. The van der Waals surface area contributed by atoms with Crippen LogP contribution in [0.2, 0.25) is 0 Å². The number of aromatic nitrogens is 1. The molecule has 21 heavy (non-hydrogen) atoms. The van der Waals surface area contributed by atoms with Crippen LogP contribution in [0.4, 0.5) is 5.13 Å². The lowest BCUT2D eigenvalue weighted by atomic mass is 10.2. The van der Waals surface area contributed by atoms with Gasteiger partial charge in [0, 0.05) is 4.88 Å². The lowest BCUT2D eigenvalue weighted by molar-refractivity contribution is 0.600. The summed E-state index contributed by atoms with van der Waals surface area (Å²) in [6.45, 7) is 5.58. The molecule has 0 fully saturated rings. The number of hydrogen-bond acceptors (Lipinski definition) is 5. The molecule has 0 spiro atoms. The van der Waals surface area contributed by atoms with Crippen LogP contribution in [0.1, 0.15) is 28.6 Å². The monoisotopic (exact) mass is 321 g/mol. The Bertz CT molecular complexity index is 817. The number of thiazole rings is 1. The van der Waals surface area contributed by atoms with Crippen molar-refractivity contribution in [1.82, 2.24) is 4.98 Å². The summed E-state index contributed by atoms with van der Waals surface area (Å²) in [5.74, 6) is 0. The quantitative estimate of drug-likeness (QED) is 0.938. The molecule has 1 N–H and O–H groups in total. The van der Waals surface area contributed by atoms with Gasteiger partial charge >= 0.3 is 0 Å². The van der Waals surface area contributed by atoms with Crippen LogP contribution in [-0.4, -0.2) is 13.4 Å². The molecule has 0 saturated heterocycles. The maximum absolute atomic E-state index is 12.4. The van der Waals surface area contributed by atoms with E-state index in [9.17, 15) is 8.42 Å². The van der Waals surface area contributed by atoms with Gasteiger partial charge in [-0.1, -0.05) is 13.0 Å². The number of aryl methyl sites for hydroxylation is 3. The van der Waals surface area contributed by atoms with Crippen molar-refractivity contribution in [2.24, 2.45) is 0 Å². The van der Waals surface area contributed by atoms with Gasteiger partial charge in [0.05, 0.1) is 22.2 Å². The first-order chi connectivity index (χ1) is 9.87. The van der Waals surface area contributed by atoms with Crippen molar-refractivity contribution in [1.29, 1.82) is 5.26 Å². The largest absolute Gasteiger partial charge is 0.263 e. The molecule has 7 heteroatoms. The van der Waals surface area contributed by atoms with Gasteiger partial charge in [0.2, 0.25) is 0 Å². The molecule has 0 unspecified atom stereocenters. The summed E-state index contributed by atoms with van der Waals surface area (Å²) in [7, 11) is -3.74. The summed E-state index contributed by atoms with van der Waals surface area (Å²) in [5, 5.41) is 9.26. The van der Waals surface area contributed by atoms with Crippen LogP contribution >= 0.6 is 11.3 Å². The molecule has 0 saturated carbocycles. The Morgan fingerprint density at radius 2 is 2.10 bits per heavy atom. The number of nitrogens with zero attached hydrogens (tertiary/aromatic N) is 2. The van der Waals surface area contributed by atoms with E-state index in [0.717, 1.165) is 17.0 Å². The predicted octanol–water partition coefficient (Wildman–Crippen LogP) is 2.99. The second-order valence-electron chi connectivity index (χ2n) is 4.57. The second kappa shape index (κ2) is 5.84. The molecular weight excluding hydrogens is 306 g/mol. The maximum Gasteiger partial charge on any atom is 0.263 e. The molecule has 0 atom stereocenters. The summed E-state index contributed by atoms with van der Waals surface area (Å²) in [6.07, 6.45) is 0.757. The Balaban J connectivity index is 2.40. The summed E-state index contributed by atoms with van der Waals surface area (Å²) >= 11 is 1.31. The lowest BCUT2D eigenvalue weighted by Gasteiger charge is -2.08. The average Bonchev–Trinajstić information content (AvgIpc) is 2.78.